The molecular weight excluding hydrogens is 126 g/mol. The summed E-state index contributed by atoms with van der Waals surface area (Å²) in [5.74, 6) is 0.647. The first kappa shape index (κ1) is 7.58. The molecule has 1 fully saturated rings. The summed E-state index contributed by atoms with van der Waals surface area (Å²) in [4.78, 5) is 4.74. The lowest BCUT2D eigenvalue weighted by Gasteiger charge is -2.18. The van der Waals surface area contributed by atoms with Gasteiger partial charge in [0.05, 0.1) is 5.71 Å². The van der Waals surface area contributed by atoms with Crippen molar-refractivity contribution in [3.63, 3.8) is 0 Å². The highest BCUT2D eigenvalue weighted by atomic mass is 16.6. The molecule has 0 aliphatic heterocycles. The predicted molar refractivity (Wildman–Crippen MR) is 42.1 cm³/mol. The van der Waals surface area contributed by atoms with Gasteiger partial charge in [-0.2, -0.15) is 0 Å². The molecule has 0 saturated heterocycles. The molecule has 0 aromatic carbocycles. The Kier molecular flexibility index (Phi) is 2.72. The van der Waals surface area contributed by atoms with Gasteiger partial charge in [-0.1, -0.05) is 18.5 Å². The molecule has 2 nitrogen and oxygen atoms in total. The molecule has 10 heavy (non-hydrogen) atoms. The maximum Gasteiger partial charge on any atom is 0.106 e. The standard InChI is InChI=1S/C8H15NO/c1-7-5-3-4-6-8(7)9-10-2/h7H,3-6H2,1-2H3/b9-8-/t7-/m0/s1. The van der Waals surface area contributed by atoms with E-state index in [1.54, 1.807) is 7.11 Å². The topological polar surface area (TPSA) is 21.6 Å². The first-order valence-electron chi connectivity index (χ1n) is 3.94. The van der Waals surface area contributed by atoms with Crippen LogP contribution in [0.4, 0.5) is 0 Å². The van der Waals surface area contributed by atoms with Crippen molar-refractivity contribution in [2.75, 3.05) is 7.11 Å². The summed E-state index contributed by atoms with van der Waals surface area (Å²) in [6.45, 7) is 2.22. The molecule has 2 heteroatoms. The van der Waals surface area contributed by atoms with Gasteiger partial charge in [0.2, 0.25) is 0 Å². The van der Waals surface area contributed by atoms with Crippen LogP contribution in [0.1, 0.15) is 32.6 Å². The lowest BCUT2D eigenvalue weighted by atomic mass is 9.89. The van der Waals surface area contributed by atoms with Crippen molar-refractivity contribution in [1.82, 2.24) is 0 Å². The van der Waals surface area contributed by atoms with Gasteiger partial charge in [-0.3, -0.25) is 0 Å². The van der Waals surface area contributed by atoms with E-state index in [-0.39, 0.29) is 0 Å². The third-order valence-corrected chi connectivity index (χ3v) is 2.10. The minimum Gasteiger partial charge on any atom is -0.399 e. The molecule has 58 valence electrons. The zero-order chi connectivity index (χ0) is 7.40. The second kappa shape index (κ2) is 3.59. The molecule has 0 heterocycles. The summed E-state index contributed by atoms with van der Waals surface area (Å²) in [6.07, 6.45) is 5.05. The van der Waals surface area contributed by atoms with E-state index in [0.717, 1.165) is 6.42 Å². The third kappa shape index (κ3) is 1.72. The van der Waals surface area contributed by atoms with E-state index in [0.29, 0.717) is 5.92 Å². The van der Waals surface area contributed by atoms with Gasteiger partial charge in [0.1, 0.15) is 7.11 Å². The molecule has 1 saturated carbocycles. The quantitative estimate of drug-likeness (QED) is 0.513. The van der Waals surface area contributed by atoms with E-state index in [1.165, 1.54) is 25.0 Å². The highest BCUT2D eigenvalue weighted by molar-refractivity contribution is 5.86. The van der Waals surface area contributed by atoms with Gasteiger partial charge in [-0.05, 0) is 25.2 Å². The first-order valence-corrected chi connectivity index (χ1v) is 3.94. The summed E-state index contributed by atoms with van der Waals surface area (Å²) >= 11 is 0. The number of oxime groups is 1. The highest BCUT2D eigenvalue weighted by Gasteiger charge is 2.15. The Morgan fingerprint density at radius 1 is 1.50 bits per heavy atom. The molecule has 0 aromatic rings. The lowest BCUT2D eigenvalue weighted by molar-refractivity contribution is 0.209. The van der Waals surface area contributed by atoms with Crippen molar-refractivity contribution in [1.29, 1.82) is 0 Å². The number of rotatable bonds is 1. The summed E-state index contributed by atoms with van der Waals surface area (Å²) in [5.41, 5.74) is 1.24. The Morgan fingerprint density at radius 2 is 2.30 bits per heavy atom. The molecule has 0 radical (unpaired) electrons. The van der Waals surface area contributed by atoms with Crippen molar-refractivity contribution < 1.29 is 4.84 Å². The third-order valence-electron chi connectivity index (χ3n) is 2.10. The van der Waals surface area contributed by atoms with Crippen LogP contribution in [0.2, 0.25) is 0 Å². The van der Waals surface area contributed by atoms with Crippen LogP contribution in [0.5, 0.6) is 0 Å². The average Bonchev–Trinajstić information content (AvgIpc) is 1.94. The van der Waals surface area contributed by atoms with E-state index in [2.05, 4.69) is 12.1 Å². The van der Waals surface area contributed by atoms with Crippen molar-refractivity contribution in [2.24, 2.45) is 11.1 Å². The molecule has 0 amide bonds. The average molecular weight is 141 g/mol. The van der Waals surface area contributed by atoms with Crippen LogP contribution in [-0.4, -0.2) is 12.8 Å². The summed E-state index contributed by atoms with van der Waals surface area (Å²) in [5, 5.41) is 3.98. The predicted octanol–water partition coefficient (Wildman–Crippen LogP) is 2.20. The first-order chi connectivity index (χ1) is 4.84. The fraction of sp³-hybridized carbons (Fsp3) is 0.875. The normalized spacial score (nSPS) is 30.6. The van der Waals surface area contributed by atoms with Crippen LogP contribution in [-0.2, 0) is 4.84 Å². The highest BCUT2D eigenvalue weighted by Crippen LogP contribution is 2.20. The van der Waals surface area contributed by atoms with E-state index < -0.39 is 0 Å². The van der Waals surface area contributed by atoms with Gasteiger partial charge in [-0.15, -0.1) is 0 Å². The van der Waals surface area contributed by atoms with E-state index in [4.69, 9.17) is 4.84 Å². The zero-order valence-electron chi connectivity index (χ0n) is 6.76. The van der Waals surface area contributed by atoms with Crippen LogP contribution in [0.25, 0.3) is 0 Å². The van der Waals surface area contributed by atoms with Crippen LogP contribution in [0.15, 0.2) is 5.16 Å². The van der Waals surface area contributed by atoms with Crippen molar-refractivity contribution in [3.8, 4) is 0 Å². The van der Waals surface area contributed by atoms with Crippen molar-refractivity contribution in [2.45, 2.75) is 32.6 Å². The number of hydrogen-bond donors (Lipinski definition) is 0. The Bertz CT molecular complexity index is 131. The van der Waals surface area contributed by atoms with Gasteiger partial charge in [0.25, 0.3) is 0 Å². The maximum atomic E-state index is 4.74. The molecule has 1 aliphatic carbocycles. The molecular formula is C8H15NO. The van der Waals surface area contributed by atoms with E-state index in [9.17, 15) is 0 Å². The Morgan fingerprint density at radius 3 is 2.90 bits per heavy atom. The second-order valence-electron chi connectivity index (χ2n) is 2.91. The van der Waals surface area contributed by atoms with Gasteiger partial charge >= 0.3 is 0 Å². The van der Waals surface area contributed by atoms with Crippen LogP contribution < -0.4 is 0 Å². The zero-order valence-corrected chi connectivity index (χ0v) is 6.76. The molecule has 0 bridgehead atoms. The van der Waals surface area contributed by atoms with Gasteiger partial charge in [-0.25, -0.2) is 0 Å². The molecule has 0 aromatic heterocycles. The van der Waals surface area contributed by atoms with Gasteiger partial charge in [0, 0.05) is 0 Å². The van der Waals surface area contributed by atoms with Crippen molar-refractivity contribution in [3.05, 3.63) is 0 Å². The molecule has 0 spiro atoms. The Labute approximate surface area is 62.3 Å². The molecule has 0 N–H and O–H groups in total. The van der Waals surface area contributed by atoms with E-state index in [1.807, 2.05) is 0 Å². The second-order valence-corrected chi connectivity index (χ2v) is 2.91. The molecule has 1 atom stereocenters. The smallest absolute Gasteiger partial charge is 0.106 e. The Hall–Kier alpha value is -0.530. The summed E-state index contributed by atoms with van der Waals surface area (Å²) < 4.78 is 0. The van der Waals surface area contributed by atoms with Crippen LogP contribution in [0.3, 0.4) is 0 Å². The molecule has 0 unspecified atom stereocenters. The summed E-state index contributed by atoms with van der Waals surface area (Å²) in [7, 11) is 1.62. The monoisotopic (exact) mass is 141 g/mol. The van der Waals surface area contributed by atoms with E-state index >= 15 is 0 Å². The minimum absolute atomic E-state index is 0.647. The summed E-state index contributed by atoms with van der Waals surface area (Å²) in [6, 6.07) is 0. The van der Waals surface area contributed by atoms with Crippen molar-refractivity contribution >= 4 is 5.71 Å². The fourth-order valence-electron chi connectivity index (χ4n) is 1.42. The maximum absolute atomic E-state index is 4.74. The van der Waals surface area contributed by atoms with Crippen LogP contribution >= 0.6 is 0 Å². The minimum atomic E-state index is 0.647. The Balaban J connectivity index is 2.47. The molecule has 1 rings (SSSR count). The van der Waals surface area contributed by atoms with Gasteiger partial charge < -0.3 is 4.84 Å². The fourth-order valence-corrected chi connectivity index (χ4v) is 1.42. The SMILES string of the molecule is CO/N=C1/CCCC[C@@H]1C. The van der Waals surface area contributed by atoms with Gasteiger partial charge in [0.15, 0.2) is 0 Å². The number of nitrogens with zero attached hydrogens (tertiary/aromatic N) is 1. The number of hydrogen-bond acceptors (Lipinski definition) is 2. The lowest BCUT2D eigenvalue weighted by Crippen LogP contribution is -2.16. The molecule has 1 aliphatic rings. The van der Waals surface area contributed by atoms with Crippen LogP contribution in [0, 0.1) is 5.92 Å². The largest absolute Gasteiger partial charge is 0.399 e.